The van der Waals surface area contributed by atoms with Gasteiger partial charge in [0, 0.05) is 19.2 Å². The zero-order valence-corrected chi connectivity index (χ0v) is 11.5. The Labute approximate surface area is 105 Å². The summed E-state index contributed by atoms with van der Waals surface area (Å²) >= 11 is 0. The summed E-state index contributed by atoms with van der Waals surface area (Å²) in [5, 5.41) is 3.32. The fourth-order valence-electron chi connectivity index (χ4n) is 2.38. The topological polar surface area (TPSA) is 59.6 Å². The van der Waals surface area contributed by atoms with E-state index in [1.165, 1.54) is 0 Å². The van der Waals surface area contributed by atoms with Crippen LogP contribution in [0.5, 0.6) is 0 Å². The summed E-state index contributed by atoms with van der Waals surface area (Å²) in [6, 6.07) is 0.407. The molecule has 0 saturated carbocycles. The van der Waals surface area contributed by atoms with Gasteiger partial charge in [0.25, 0.3) is 0 Å². The molecule has 3 N–H and O–H groups in total. The highest BCUT2D eigenvalue weighted by molar-refractivity contribution is 5.78. The summed E-state index contributed by atoms with van der Waals surface area (Å²) in [6.45, 7) is 8.11. The molecule has 0 bridgehead atoms. The third-order valence-electron chi connectivity index (χ3n) is 3.64. The SMILES string of the molecule is CCCN=C(N)NC1CCOC(CC)(CC)C1. The van der Waals surface area contributed by atoms with E-state index in [2.05, 4.69) is 31.1 Å². The zero-order valence-electron chi connectivity index (χ0n) is 11.5. The molecule has 0 aromatic rings. The fraction of sp³-hybridized carbons (Fsp3) is 0.923. The van der Waals surface area contributed by atoms with Gasteiger partial charge in [-0.05, 0) is 32.1 Å². The molecule has 0 aliphatic carbocycles. The number of nitrogens with one attached hydrogen (secondary N) is 1. The molecular weight excluding hydrogens is 214 g/mol. The summed E-state index contributed by atoms with van der Waals surface area (Å²) in [4.78, 5) is 4.28. The molecule has 1 unspecified atom stereocenters. The highest BCUT2D eigenvalue weighted by Crippen LogP contribution is 2.31. The van der Waals surface area contributed by atoms with E-state index in [1.807, 2.05) is 0 Å². The lowest BCUT2D eigenvalue weighted by molar-refractivity contribution is -0.0910. The number of aliphatic imine (C=N–C) groups is 1. The van der Waals surface area contributed by atoms with Gasteiger partial charge >= 0.3 is 0 Å². The Morgan fingerprint density at radius 3 is 2.71 bits per heavy atom. The monoisotopic (exact) mass is 241 g/mol. The van der Waals surface area contributed by atoms with Crippen molar-refractivity contribution in [1.82, 2.24) is 5.32 Å². The van der Waals surface area contributed by atoms with Crippen molar-refractivity contribution < 1.29 is 4.74 Å². The third-order valence-corrected chi connectivity index (χ3v) is 3.64. The molecule has 0 aromatic carbocycles. The Kier molecular flexibility index (Phi) is 5.75. The Morgan fingerprint density at radius 2 is 2.12 bits per heavy atom. The van der Waals surface area contributed by atoms with Gasteiger partial charge in [0.15, 0.2) is 5.96 Å². The van der Waals surface area contributed by atoms with Gasteiger partial charge in [0.05, 0.1) is 5.60 Å². The second kappa shape index (κ2) is 6.84. The van der Waals surface area contributed by atoms with Gasteiger partial charge in [0.1, 0.15) is 0 Å². The van der Waals surface area contributed by atoms with Crippen LogP contribution in [0.1, 0.15) is 52.9 Å². The second-order valence-corrected chi connectivity index (χ2v) is 4.84. The van der Waals surface area contributed by atoms with Crippen LogP contribution in [0.3, 0.4) is 0 Å². The van der Waals surface area contributed by atoms with Gasteiger partial charge in [-0.25, -0.2) is 0 Å². The molecule has 0 amide bonds. The molecule has 4 heteroatoms. The van der Waals surface area contributed by atoms with Crippen molar-refractivity contribution in [3.63, 3.8) is 0 Å². The van der Waals surface area contributed by atoms with Crippen LogP contribution in [0, 0.1) is 0 Å². The normalized spacial score (nSPS) is 24.6. The second-order valence-electron chi connectivity index (χ2n) is 4.84. The number of hydrogen-bond donors (Lipinski definition) is 2. The van der Waals surface area contributed by atoms with Crippen molar-refractivity contribution in [3.8, 4) is 0 Å². The van der Waals surface area contributed by atoms with E-state index in [9.17, 15) is 0 Å². The van der Waals surface area contributed by atoms with Crippen molar-refractivity contribution in [3.05, 3.63) is 0 Å². The van der Waals surface area contributed by atoms with E-state index < -0.39 is 0 Å². The van der Waals surface area contributed by atoms with Gasteiger partial charge in [0.2, 0.25) is 0 Å². The minimum Gasteiger partial charge on any atom is -0.375 e. The van der Waals surface area contributed by atoms with E-state index >= 15 is 0 Å². The van der Waals surface area contributed by atoms with E-state index in [0.717, 1.165) is 45.3 Å². The molecule has 0 radical (unpaired) electrons. The van der Waals surface area contributed by atoms with Gasteiger partial charge < -0.3 is 15.8 Å². The smallest absolute Gasteiger partial charge is 0.188 e. The predicted molar refractivity (Wildman–Crippen MR) is 72.2 cm³/mol. The van der Waals surface area contributed by atoms with Crippen LogP contribution >= 0.6 is 0 Å². The summed E-state index contributed by atoms with van der Waals surface area (Å²) in [6.07, 6.45) is 5.21. The molecule has 1 rings (SSSR count). The van der Waals surface area contributed by atoms with Crippen LogP contribution in [0.2, 0.25) is 0 Å². The first-order chi connectivity index (χ1) is 8.15. The maximum absolute atomic E-state index is 5.94. The number of rotatable bonds is 5. The number of nitrogens with two attached hydrogens (primary N) is 1. The van der Waals surface area contributed by atoms with Crippen molar-refractivity contribution >= 4 is 5.96 Å². The van der Waals surface area contributed by atoms with Crippen LogP contribution in [0.25, 0.3) is 0 Å². The molecular formula is C13H27N3O. The van der Waals surface area contributed by atoms with E-state index in [1.54, 1.807) is 0 Å². The van der Waals surface area contributed by atoms with Crippen LogP contribution in [-0.2, 0) is 4.74 Å². The van der Waals surface area contributed by atoms with Crippen molar-refractivity contribution in [2.45, 2.75) is 64.5 Å². The minimum absolute atomic E-state index is 0.0426. The molecule has 0 spiro atoms. The summed E-state index contributed by atoms with van der Waals surface area (Å²) in [5.41, 5.74) is 5.90. The third kappa shape index (κ3) is 4.19. The molecule has 4 nitrogen and oxygen atoms in total. The average Bonchev–Trinajstić information content (AvgIpc) is 2.36. The zero-order chi connectivity index (χ0) is 12.7. The first kappa shape index (κ1) is 14.3. The Bertz CT molecular complexity index is 249. The fourth-order valence-corrected chi connectivity index (χ4v) is 2.38. The van der Waals surface area contributed by atoms with Crippen molar-refractivity contribution in [2.24, 2.45) is 10.7 Å². The van der Waals surface area contributed by atoms with Gasteiger partial charge in [-0.2, -0.15) is 0 Å². The number of guanidine groups is 1. The molecule has 17 heavy (non-hydrogen) atoms. The molecule has 1 heterocycles. The van der Waals surface area contributed by atoms with Gasteiger partial charge in [-0.15, -0.1) is 0 Å². The molecule has 100 valence electrons. The van der Waals surface area contributed by atoms with E-state index in [0.29, 0.717) is 12.0 Å². The number of hydrogen-bond acceptors (Lipinski definition) is 2. The Hall–Kier alpha value is -0.770. The lowest BCUT2D eigenvalue weighted by atomic mass is 9.86. The summed E-state index contributed by atoms with van der Waals surface area (Å²) in [7, 11) is 0. The highest BCUT2D eigenvalue weighted by Gasteiger charge is 2.34. The molecule has 1 atom stereocenters. The van der Waals surface area contributed by atoms with Crippen molar-refractivity contribution in [2.75, 3.05) is 13.2 Å². The molecule has 0 aromatic heterocycles. The Balaban J connectivity index is 2.49. The minimum atomic E-state index is 0.0426. The largest absolute Gasteiger partial charge is 0.375 e. The molecule has 1 saturated heterocycles. The van der Waals surface area contributed by atoms with Crippen LogP contribution in [0.4, 0.5) is 0 Å². The van der Waals surface area contributed by atoms with Crippen LogP contribution < -0.4 is 11.1 Å². The maximum Gasteiger partial charge on any atom is 0.188 e. The van der Waals surface area contributed by atoms with Crippen LogP contribution in [0.15, 0.2) is 4.99 Å². The quantitative estimate of drug-likeness (QED) is 0.572. The molecule has 1 aliphatic rings. The lowest BCUT2D eigenvalue weighted by Crippen LogP contribution is -2.50. The van der Waals surface area contributed by atoms with Gasteiger partial charge in [-0.1, -0.05) is 20.8 Å². The summed E-state index contributed by atoms with van der Waals surface area (Å²) in [5.74, 6) is 0.583. The first-order valence-electron chi connectivity index (χ1n) is 6.86. The maximum atomic E-state index is 5.94. The van der Waals surface area contributed by atoms with Gasteiger partial charge in [-0.3, -0.25) is 4.99 Å². The first-order valence-corrected chi connectivity index (χ1v) is 6.86. The average molecular weight is 241 g/mol. The highest BCUT2D eigenvalue weighted by atomic mass is 16.5. The van der Waals surface area contributed by atoms with E-state index in [-0.39, 0.29) is 5.60 Å². The molecule has 1 fully saturated rings. The van der Waals surface area contributed by atoms with Crippen molar-refractivity contribution in [1.29, 1.82) is 0 Å². The standard InChI is InChI=1S/C13H27N3O/c1-4-8-15-12(14)16-11-7-9-17-13(5-2,6-3)10-11/h11H,4-10H2,1-3H3,(H3,14,15,16). The predicted octanol–water partition coefficient (Wildman–Crippen LogP) is 2.04. The number of nitrogens with zero attached hydrogens (tertiary/aromatic N) is 1. The summed E-state index contributed by atoms with van der Waals surface area (Å²) < 4.78 is 5.94. The molecule has 1 aliphatic heterocycles. The number of ether oxygens (including phenoxy) is 1. The van der Waals surface area contributed by atoms with Crippen LogP contribution in [-0.4, -0.2) is 30.8 Å². The Morgan fingerprint density at radius 1 is 1.41 bits per heavy atom. The lowest BCUT2D eigenvalue weighted by Gasteiger charge is -2.40. The van der Waals surface area contributed by atoms with E-state index in [4.69, 9.17) is 10.5 Å².